The number of ether oxygens (including phenoxy) is 1. The maximum atomic E-state index is 11.6. The third kappa shape index (κ3) is 4.36. The molecule has 0 aliphatic heterocycles. The molecule has 0 bridgehead atoms. The molecule has 0 saturated carbocycles. The van der Waals surface area contributed by atoms with Crippen molar-refractivity contribution in [2.24, 2.45) is 0 Å². The highest BCUT2D eigenvalue weighted by Crippen LogP contribution is 2.19. The Labute approximate surface area is 129 Å². The molecule has 0 spiro atoms. The van der Waals surface area contributed by atoms with E-state index in [0.717, 1.165) is 9.13 Å². The molecule has 19 heavy (non-hydrogen) atoms. The Morgan fingerprint density at radius 1 is 1.37 bits per heavy atom. The van der Waals surface area contributed by atoms with Gasteiger partial charge in [-0.1, -0.05) is 41.9 Å². The lowest BCUT2D eigenvalue weighted by atomic mass is 10.2. The summed E-state index contributed by atoms with van der Waals surface area (Å²) in [5, 5.41) is 3.09. The number of carbonyl (C=O) groups is 1. The van der Waals surface area contributed by atoms with Gasteiger partial charge in [-0.2, -0.15) is 0 Å². The second-order valence-corrected chi connectivity index (χ2v) is 5.27. The second-order valence-electron chi connectivity index (χ2n) is 3.67. The summed E-state index contributed by atoms with van der Waals surface area (Å²) >= 11 is 7.83. The van der Waals surface area contributed by atoms with E-state index < -0.39 is 6.09 Å². The third-order valence-electron chi connectivity index (χ3n) is 2.24. The monoisotopic (exact) mass is 388 g/mol. The summed E-state index contributed by atoms with van der Waals surface area (Å²) in [5.41, 5.74) is 0.927. The summed E-state index contributed by atoms with van der Waals surface area (Å²) in [7, 11) is 0. The van der Waals surface area contributed by atoms with Crippen LogP contribution in [0.3, 0.4) is 0 Å². The maximum absolute atomic E-state index is 11.6. The number of aromatic nitrogens is 1. The molecule has 6 heteroatoms. The first-order valence-corrected chi connectivity index (χ1v) is 6.89. The molecular weight excluding hydrogens is 379 g/mol. The number of benzene rings is 1. The van der Waals surface area contributed by atoms with E-state index in [1.807, 2.05) is 52.9 Å². The minimum atomic E-state index is -0.545. The number of hydrogen-bond donors (Lipinski definition) is 1. The molecule has 1 N–H and O–H groups in total. The van der Waals surface area contributed by atoms with E-state index in [4.69, 9.17) is 16.3 Å². The van der Waals surface area contributed by atoms with Gasteiger partial charge >= 0.3 is 6.09 Å². The van der Waals surface area contributed by atoms with Gasteiger partial charge in [0.15, 0.2) is 0 Å². The first-order valence-electron chi connectivity index (χ1n) is 5.44. The number of carbonyl (C=O) groups excluding carboxylic acids is 1. The maximum Gasteiger partial charge on any atom is 0.413 e. The molecule has 0 aliphatic carbocycles. The van der Waals surface area contributed by atoms with Gasteiger partial charge in [0.25, 0.3) is 0 Å². The molecule has 1 heterocycles. The van der Waals surface area contributed by atoms with Crippen molar-refractivity contribution in [3.05, 3.63) is 56.8 Å². The van der Waals surface area contributed by atoms with E-state index in [-0.39, 0.29) is 6.61 Å². The normalized spacial score (nSPS) is 10.0. The Balaban J connectivity index is 1.91. The summed E-state index contributed by atoms with van der Waals surface area (Å²) < 4.78 is 5.84. The Kier molecular flexibility index (Phi) is 4.98. The van der Waals surface area contributed by atoms with E-state index in [1.54, 1.807) is 6.07 Å². The standard InChI is InChI=1S/C13H10ClIN2O2/c14-10-6-11(15)12(16-7-10)17-13(18)19-8-9-4-2-1-3-5-9/h1-7H,8H2,(H,16,17,18). The fourth-order valence-corrected chi connectivity index (χ4v) is 2.31. The average Bonchev–Trinajstić information content (AvgIpc) is 2.41. The fraction of sp³-hybridized carbons (Fsp3) is 0.0769. The van der Waals surface area contributed by atoms with Crippen molar-refractivity contribution in [2.45, 2.75) is 6.61 Å². The third-order valence-corrected chi connectivity index (χ3v) is 3.27. The van der Waals surface area contributed by atoms with E-state index >= 15 is 0 Å². The number of nitrogens with one attached hydrogen (secondary N) is 1. The Morgan fingerprint density at radius 2 is 2.11 bits per heavy atom. The van der Waals surface area contributed by atoms with Crippen molar-refractivity contribution < 1.29 is 9.53 Å². The summed E-state index contributed by atoms with van der Waals surface area (Å²) in [5.74, 6) is 0.433. The number of nitrogens with zero attached hydrogens (tertiary/aromatic N) is 1. The van der Waals surface area contributed by atoms with Gasteiger partial charge < -0.3 is 4.74 Å². The van der Waals surface area contributed by atoms with Crippen LogP contribution in [0.2, 0.25) is 5.02 Å². The highest BCUT2D eigenvalue weighted by molar-refractivity contribution is 14.1. The highest BCUT2D eigenvalue weighted by atomic mass is 127. The van der Waals surface area contributed by atoms with Crippen LogP contribution in [-0.2, 0) is 11.3 Å². The Hall–Kier alpha value is -1.34. The number of amides is 1. The number of pyridine rings is 1. The molecular formula is C13H10ClIN2O2. The quantitative estimate of drug-likeness (QED) is 0.806. The minimum absolute atomic E-state index is 0.219. The molecule has 0 atom stereocenters. The molecule has 0 fully saturated rings. The number of rotatable bonds is 3. The van der Waals surface area contributed by atoms with Crippen molar-refractivity contribution >= 4 is 46.1 Å². The number of halogens is 2. The van der Waals surface area contributed by atoms with E-state index in [0.29, 0.717) is 10.8 Å². The molecule has 0 aliphatic rings. The first-order chi connectivity index (χ1) is 9.15. The van der Waals surface area contributed by atoms with Crippen LogP contribution < -0.4 is 5.32 Å². The smallest absolute Gasteiger partial charge is 0.413 e. The molecule has 1 aromatic carbocycles. The lowest BCUT2D eigenvalue weighted by Crippen LogP contribution is -2.15. The number of hydrogen-bond acceptors (Lipinski definition) is 3. The topological polar surface area (TPSA) is 51.2 Å². The highest BCUT2D eigenvalue weighted by Gasteiger charge is 2.08. The zero-order valence-corrected chi connectivity index (χ0v) is 12.7. The summed E-state index contributed by atoms with van der Waals surface area (Å²) in [4.78, 5) is 15.6. The van der Waals surface area contributed by atoms with Crippen molar-refractivity contribution in [1.29, 1.82) is 0 Å². The van der Waals surface area contributed by atoms with Crippen molar-refractivity contribution in [3.63, 3.8) is 0 Å². The van der Waals surface area contributed by atoms with Crippen LogP contribution in [0.1, 0.15) is 5.56 Å². The van der Waals surface area contributed by atoms with Gasteiger partial charge in [0.05, 0.1) is 8.59 Å². The summed E-state index contributed by atoms with van der Waals surface area (Å²) in [6.45, 7) is 0.219. The van der Waals surface area contributed by atoms with Crippen LogP contribution >= 0.6 is 34.2 Å². The predicted molar refractivity (Wildman–Crippen MR) is 82.2 cm³/mol. The largest absolute Gasteiger partial charge is 0.444 e. The van der Waals surface area contributed by atoms with Crippen LogP contribution in [-0.4, -0.2) is 11.1 Å². The van der Waals surface area contributed by atoms with E-state index in [1.165, 1.54) is 6.20 Å². The average molecular weight is 389 g/mol. The summed E-state index contributed by atoms with van der Waals surface area (Å²) in [6, 6.07) is 11.2. The summed E-state index contributed by atoms with van der Waals surface area (Å²) in [6.07, 6.45) is 0.924. The Morgan fingerprint density at radius 3 is 2.79 bits per heavy atom. The van der Waals surface area contributed by atoms with Gasteiger partial charge in [-0.3, -0.25) is 5.32 Å². The first kappa shape index (κ1) is 14.1. The van der Waals surface area contributed by atoms with Crippen LogP contribution in [0.4, 0.5) is 10.6 Å². The van der Waals surface area contributed by atoms with E-state index in [9.17, 15) is 4.79 Å². The van der Waals surface area contributed by atoms with Crippen LogP contribution in [0.25, 0.3) is 0 Å². The Bertz CT molecular complexity index is 578. The number of anilines is 1. The molecule has 98 valence electrons. The van der Waals surface area contributed by atoms with Gasteiger partial charge in [-0.15, -0.1) is 0 Å². The molecule has 4 nitrogen and oxygen atoms in total. The minimum Gasteiger partial charge on any atom is -0.444 e. The van der Waals surface area contributed by atoms with Gasteiger partial charge in [0.1, 0.15) is 12.4 Å². The SMILES string of the molecule is O=C(Nc1ncc(Cl)cc1I)OCc1ccccc1. The van der Waals surface area contributed by atoms with Gasteiger partial charge in [-0.25, -0.2) is 9.78 Å². The van der Waals surface area contributed by atoms with E-state index in [2.05, 4.69) is 10.3 Å². The lowest BCUT2D eigenvalue weighted by molar-refractivity contribution is 0.155. The van der Waals surface area contributed by atoms with Crippen LogP contribution in [0, 0.1) is 3.57 Å². The zero-order valence-electron chi connectivity index (χ0n) is 9.77. The predicted octanol–water partition coefficient (Wildman–Crippen LogP) is 4.09. The zero-order chi connectivity index (χ0) is 13.7. The van der Waals surface area contributed by atoms with Crippen molar-refractivity contribution in [2.75, 3.05) is 5.32 Å². The second kappa shape index (κ2) is 6.72. The van der Waals surface area contributed by atoms with Crippen LogP contribution in [0.15, 0.2) is 42.6 Å². The molecule has 0 unspecified atom stereocenters. The molecule has 1 aromatic heterocycles. The molecule has 1 amide bonds. The van der Waals surface area contributed by atoms with Gasteiger partial charge in [0.2, 0.25) is 0 Å². The van der Waals surface area contributed by atoms with Gasteiger partial charge in [0, 0.05) is 6.20 Å². The van der Waals surface area contributed by atoms with Gasteiger partial charge in [-0.05, 0) is 34.2 Å². The van der Waals surface area contributed by atoms with Crippen molar-refractivity contribution in [3.8, 4) is 0 Å². The molecule has 2 aromatic rings. The lowest BCUT2D eigenvalue weighted by Gasteiger charge is -2.07. The molecule has 2 rings (SSSR count). The fourth-order valence-electron chi connectivity index (χ4n) is 1.36. The van der Waals surface area contributed by atoms with Crippen molar-refractivity contribution in [1.82, 2.24) is 4.98 Å². The molecule has 0 saturated heterocycles. The van der Waals surface area contributed by atoms with Crippen LogP contribution in [0.5, 0.6) is 0 Å². The molecule has 0 radical (unpaired) electrons.